The van der Waals surface area contributed by atoms with Gasteiger partial charge in [0.25, 0.3) is 5.89 Å². The minimum absolute atomic E-state index is 0.217. The molecule has 0 spiro atoms. The highest BCUT2D eigenvalue weighted by Crippen LogP contribution is 2.14. The van der Waals surface area contributed by atoms with Crippen molar-refractivity contribution in [3.63, 3.8) is 0 Å². The summed E-state index contributed by atoms with van der Waals surface area (Å²) in [6.07, 6.45) is 0.600. The van der Waals surface area contributed by atoms with Gasteiger partial charge in [0.15, 0.2) is 5.82 Å². The van der Waals surface area contributed by atoms with E-state index in [2.05, 4.69) is 26.1 Å². The van der Waals surface area contributed by atoms with Gasteiger partial charge in [-0.25, -0.2) is 0 Å². The molecule has 0 aliphatic rings. The summed E-state index contributed by atoms with van der Waals surface area (Å²) < 4.78 is 5.81. The van der Waals surface area contributed by atoms with E-state index < -0.39 is 0 Å². The average molecular weight is 269 g/mol. The number of aliphatic hydroxyl groups excluding tert-OH is 1. The summed E-state index contributed by atoms with van der Waals surface area (Å²) in [5, 5.41) is 12.5. The number of nitrogens with zero attached hydrogens (tertiary/aromatic N) is 2. The first-order valence-electron chi connectivity index (χ1n) is 4.44. The van der Waals surface area contributed by atoms with E-state index in [1.165, 1.54) is 0 Å². The van der Waals surface area contributed by atoms with Crippen LogP contribution in [0.1, 0.15) is 17.3 Å². The standard InChI is InChI=1S/C10H9BrN2O2/c11-8-3-1-2-7(4-8)5-9-12-10(6-14)15-13-9/h1-4,14H,5-6H2. The van der Waals surface area contributed by atoms with Crippen LogP contribution in [0.5, 0.6) is 0 Å². The van der Waals surface area contributed by atoms with E-state index in [1.807, 2.05) is 24.3 Å². The van der Waals surface area contributed by atoms with E-state index in [-0.39, 0.29) is 12.5 Å². The topological polar surface area (TPSA) is 59.2 Å². The van der Waals surface area contributed by atoms with Gasteiger partial charge < -0.3 is 9.63 Å². The Morgan fingerprint density at radius 2 is 2.27 bits per heavy atom. The molecule has 1 N–H and O–H groups in total. The van der Waals surface area contributed by atoms with Gasteiger partial charge in [-0.3, -0.25) is 0 Å². The first-order chi connectivity index (χ1) is 7.28. The second-order valence-electron chi connectivity index (χ2n) is 3.07. The van der Waals surface area contributed by atoms with Crippen molar-refractivity contribution in [3.05, 3.63) is 46.0 Å². The number of aromatic nitrogens is 2. The summed E-state index contributed by atoms with van der Waals surface area (Å²) in [6.45, 7) is -0.217. The second kappa shape index (κ2) is 4.55. The van der Waals surface area contributed by atoms with Crippen LogP contribution in [-0.2, 0) is 13.0 Å². The first-order valence-corrected chi connectivity index (χ1v) is 5.24. The molecular formula is C10H9BrN2O2. The van der Waals surface area contributed by atoms with Gasteiger partial charge >= 0.3 is 0 Å². The van der Waals surface area contributed by atoms with Crippen molar-refractivity contribution in [1.29, 1.82) is 0 Å². The smallest absolute Gasteiger partial charge is 0.252 e. The Morgan fingerprint density at radius 1 is 1.40 bits per heavy atom. The van der Waals surface area contributed by atoms with Crippen LogP contribution in [0.15, 0.2) is 33.3 Å². The number of rotatable bonds is 3. The summed E-state index contributed by atoms with van der Waals surface area (Å²) in [7, 11) is 0. The molecule has 0 unspecified atom stereocenters. The molecule has 0 fully saturated rings. The van der Waals surface area contributed by atoms with Crippen LogP contribution in [0, 0.1) is 0 Å². The third kappa shape index (κ3) is 2.64. The Labute approximate surface area is 95.1 Å². The molecule has 15 heavy (non-hydrogen) atoms. The second-order valence-corrected chi connectivity index (χ2v) is 3.98. The summed E-state index contributed by atoms with van der Waals surface area (Å²) in [5.41, 5.74) is 1.09. The fourth-order valence-corrected chi connectivity index (χ4v) is 1.70. The predicted molar refractivity (Wildman–Crippen MR) is 57.2 cm³/mol. The quantitative estimate of drug-likeness (QED) is 0.924. The van der Waals surface area contributed by atoms with E-state index >= 15 is 0 Å². The van der Waals surface area contributed by atoms with Crippen LogP contribution in [0.4, 0.5) is 0 Å². The highest BCUT2D eigenvalue weighted by Gasteiger charge is 2.05. The summed E-state index contributed by atoms with van der Waals surface area (Å²) in [4.78, 5) is 4.01. The summed E-state index contributed by atoms with van der Waals surface area (Å²) in [6, 6.07) is 7.89. The van der Waals surface area contributed by atoms with Crippen molar-refractivity contribution >= 4 is 15.9 Å². The lowest BCUT2D eigenvalue weighted by Crippen LogP contribution is -1.91. The Morgan fingerprint density at radius 3 is 2.93 bits per heavy atom. The Kier molecular flexibility index (Phi) is 3.13. The molecule has 0 bridgehead atoms. The van der Waals surface area contributed by atoms with E-state index in [0.717, 1.165) is 10.0 Å². The van der Waals surface area contributed by atoms with Crippen molar-refractivity contribution in [2.75, 3.05) is 0 Å². The van der Waals surface area contributed by atoms with Gasteiger partial charge in [-0.1, -0.05) is 33.2 Å². The molecule has 0 aliphatic carbocycles. The molecule has 4 nitrogen and oxygen atoms in total. The molecule has 2 rings (SSSR count). The molecule has 0 atom stereocenters. The molecule has 0 saturated heterocycles. The zero-order valence-corrected chi connectivity index (χ0v) is 9.44. The van der Waals surface area contributed by atoms with Crippen LogP contribution in [-0.4, -0.2) is 15.2 Å². The molecule has 1 heterocycles. The Balaban J connectivity index is 2.14. The van der Waals surface area contributed by atoms with Gasteiger partial charge in [0.05, 0.1) is 0 Å². The van der Waals surface area contributed by atoms with Crippen LogP contribution in [0.25, 0.3) is 0 Å². The number of hydrogen-bond acceptors (Lipinski definition) is 4. The largest absolute Gasteiger partial charge is 0.387 e. The van der Waals surface area contributed by atoms with Gasteiger partial charge in [-0.15, -0.1) is 0 Å². The molecular weight excluding hydrogens is 260 g/mol. The molecule has 0 aliphatic heterocycles. The maximum absolute atomic E-state index is 8.76. The summed E-state index contributed by atoms with van der Waals surface area (Å²) >= 11 is 3.39. The van der Waals surface area contributed by atoms with E-state index in [9.17, 15) is 0 Å². The third-order valence-corrected chi connectivity index (χ3v) is 2.39. The van der Waals surface area contributed by atoms with Crippen molar-refractivity contribution in [1.82, 2.24) is 10.1 Å². The van der Waals surface area contributed by atoms with Gasteiger partial charge in [0, 0.05) is 10.9 Å². The molecule has 1 aromatic carbocycles. The minimum Gasteiger partial charge on any atom is -0.387 e. The van der Waals surface area contributed by atoms with Crippen LogP contribution in [0.2, 0.25) is 0 Å². The molecule has 0 saturated carbocycles. The predicted octanol–water partition coefficient (Wildman–Crippen LogP) is 1.92. The maximum Gasteiger partial charge on any atom is 0.252 e. The molecule has 5 heteroatoms. The zero-order valence-electron chi connectivity index (χ0n) is 7.85. The van der Waals surface area contributed by atoms with Crippen molar-refractivity contribution in [2.24, 2.45) is 0 Å². The lowest BCUT2D eigenvalue weighted by molar-refractivity contribution is 0.222. The van der Waals surface area contributed by atoms with Crippen LogP contribution in [0.3, 0.4) is 0 Å². The highest BCUT2D eigenvalue weighted by molar-refractivity contribution is 9.10. The van der Waals surface area contributed by atoms with Gasteiger partial charge in [0.2, 0.25) is 0 Å². The van der Waals surface area contributed by atoms with Crippen molar-refractivity contribution in [3.8, 4) is 0 Å². The molecule has 0 amide bonds. The monoisotopic (exact) mass is 268 g/mol. The van der Waals surface area contributed by atoms with E-state index in [0.29, 0.717) is 12.2 Å². The SMILES string of the molecule is OCc1nc(Cc2cccc(Br)c2)no1. The molecule has 1 aromatic heterocycles. The number of aliphatic hydroxyl groups is 1. The fourth-order valence-electron chi connectivity index (χ4n) is 1.26. The van der Waals surface area contributed by atoms with Crippen LogP contribution >= 0.6 is 15.9 Å². The normalized spacial score (nSPS) is 10.5. The maximum atomic E-state index is 8.76. The van der Waals surface area contributed by atoms with E-state index in [4.69, 9.17) is 9.63 Å². The fraction of sp³-hybridized carbons (Fsp3) is 0.200. The third-order valence-electron chi connectivity index (χ3n) is 1.90. The number of hydrogen-bond donors (Lipinski definition) is 1. The Bertz CT molecular complexity index is 456. The van der Waals surface area contributed by atoms with Gasteiger partial charge in [0.1, 0.15) is 6.61 Å². The summed E-state index contributed by atoms with van der Waals surface area (Å²) in [5.74, 6) is 0.831. The average Bonchev–Trinajstić information content (AvgIpc) is 2.65. The van der Waals surface area contributed by atoms with E-state index in [1.54, 1.807) is 0 Å². The number of halogens is 1. The first kappa shape index (κ1) is 10.3. The van der Waals surface area contributed by atoms with Gasteiger partial charge in [-0.05, 0) is 17.7 Å². The lowest BCUT2D eigenvalue weighted by atomic mass is 10.1. The van der Waals surface area contributed by atoms with Crippen molar-refractivity contribution in [2.45, 2.75) is 13.0 Å². The minimum atomic E-state index is -0.217. The zero-order chi connectivity index (χ0) is 10.7. The molecule has 2 aromatic rings. The Hall–Kier alpha value is -1.20. The van der Waals surface area contributed by atoms with Gasteiger partial charge in [-0.2, -0.15) is 4.98 Å². The van der Waals surface area contributed by atoms with Crippen LogP contribution < -0.4 is 0 Å². The molecule has 0 radical (unpaired) electrons. The molecule has 78 valence electrons. The lowest BCUT2D eigenvalue weighted by Gasteiger charge is -1.96. The number of benzene rings is 1. The highest BCUT2D eigenvalue weighted by atomic mass is 79.9. The van der Waals surface area contributed by atoms with Crippen molar-refractivity contribution < 1.29 is 9.63 Å².